The molecule has 1 fully saturated rings. The summed E-state index contributed by atoms with van der Waals surface area (Å²) in [5.41, 5.74) is 8.54. The zero-order valence-electron chi connectivity index (χ0n) is 8.56. The zero-order valence-corrected chi connectivity index (χ0v) is 8.56. The molecule has 0 radical (unpaired) electrons. The number of pyridine rings is 1. The van der Waals surface area contributed by atoms with Crippen molar-refractivity contribution in [1.82, 2.24) is 4.98 Å². The van der Waals surface area contributed by atoms with E-state index in [2.05, 4.69) is 17.1 Å². The van der Waals surface area contributed by atoms with Crippen molar-refractivity contribution in [1.29, 1.82) is 0 Å². The molecule has 3 rings (SSSR count). The first-order valence-corrected chi connectivity index (χ1v) is 5.45. The van der Waals surface area contributed by atoms with Crippen molar-refractivity contribution in [2.45, 2.75) is 18.9 Å². The van der Waals surface area contributed by atoms with Crippen molar-refractivity contribution in [3.8, 4) is 0 Å². The largest absolute Gasteiger partial charge is 0.324 e. The predicted octanol–water partition coefficient (Wildman–Crippen LogP) is 2.64. The van der Waals surface area contributed by atoms with Gasteiger partial charge in [-0.15, -0.1) is 0 Å². The SMILES string of the molecule is N[C@@H](c1ccnc2ccccc12)C1CC1. The van der Waals surface area contributed by atoms with Crippen LogP contribution >= 0.6 is 0 Å². The van der Waals surface area contributed by atoms with Gasteiger partial charge in [0.25, 0.3) is 0 Å². The second kappa shape index (κ2) is 3.31. The average Bonchev–Trinajstić information content (AvgIpc) is 3.11. The standard InChI is InChI=1S/C13H14N2/c14-13(9-5-6-9)11-7-8-15-12-4-2-1-3-10(11)12/h1-4,7-9,13H,5-6,14H2/t13-/m1/s1. The van der Waals surface area contributed by atoms with Gasteiger partial charge >= 0.3 is 0 Å². The summed E-state index contributed by atoms with van der Waals surface area (Å²) in [6.07, 6.45) is 4.41. The van der Waals surface area contributed by atoms with Crippen LogP contribution in [0.25, 0.3) is 10.9 Å². The van der Waals surface area contributed by atoms with Gasteiger partial charge in [-0.05, 0) is 36.5 Å². The minimum Gasteiger partial charge on any atom is -0.324 e. The minimum atomic E-state index is 0.192. The van der Waals surface area contributed by atoms with E-state index >= 15 is 0 Å². The Morgan fingerprint density at radius 1 is 1.20 bits per heavy atom. The van der Waals surface area contributed by atoms with E-state index in [0.29, 0.717) is 5.92 Å². The highest BCUT2D eigenvalue weighted by Gasteiger charge is 2.30. The van der Waals surface area contributed by atoms with Crippen molar-refractivity contribution in [3.05, 3.63) is 42.1 Å². The Hall–Kier alpha value is -1.41. The van der Waals surface area contributed by atoms with Crippen molar-refractivity contribution in [2.24, 2.45) is 11.7 Å². The molecule has 2 nitrogen and oxygen atoms in total. The fraction of sp³-hybridized carbons (Fsp3) is 0.308. The molecule has 0 aliphatic heterocycles. The summed E-state index contributed by atoms with van der Waals surface area (Å²) in [5.74, 6) is 0.691. The van der Waals surface area contributed by atoms with Gasteiger partial charge in [0, 0.05) is 17.6 Å². The summed E-state index contributed by atoms with van der Waals surface area (Å²) in [4.78, 5) is 4.35. The lowest BCUT2D eigenvalue weighted by Crippen LogP contribution is -2.12. The predicted molar refractivity (Wildman–Crippen MR) is 61.4 cm³/mol. The first-order valence-electron chi connectivity index (χ1n) is 5.45. The number of nitrogens with zero attached hydrogens (tertiary/aromatic N) is 1. The highest BCUT2D eigenvalue weighted by Crippen LogP contribution is 2.40. The summed E-state index contributed by atoms with van der Waals surface area (Å²) in [7, 11) is 0. The molecule has 2 heteroatoms. The third-order valence-electron chi connectivity index (χ3n) is 3.17. The fourth-order valence-corrected chi connectivity index (χ4v) is 2.12. The molecule has 1 aromatic heterocycles. The van der Waals surface area contributed by atoms with E-state index in [0.717, 1.165) is 5.52 Å². The van der Waals surface area contributed by atoms with Gasteiger partial charge in [-0.25, -0.2) is 0 Å². The van der Waals surface area contributed by atoms with Gasteiger partial charge < -0.3 is 5.73 Å². The fourth-order valence-electron chi connectivity index (χ4n) is 2.12. The van der Waals surface area contributed by atoms with Gasteiger partial charge in [0.1, 0.15) is 0 Å². The van der Waals surface area contributed by atoms with E-state index in [9.17, 15) is 0 Å². The van der Waals surface area contributed by atoms with E-state index in [1.165, 1.54) is 23.8 Å². The zero-order chi connectivity index (χ0) is 10.3. The summed E-state index contributed by atoms with van der Waals surface area (Å²) in [6, 6.07) is 10.5. The molecular weight excluding hydrogens is 184 g/mol. The normalized spacial score (nSPS) is 17.9. The first kappa shape index (κ1) is 8.86. The van der Waals surface area contributed by atoms with E-state index < -0.39 is 0 Å². The van der Waals surface area contributed by atoms with Crippen LogP contribution in [0.3, 0.4) is 0 Å². The molecule has 2 aromatic rings. The number of aromatic nitrogens is 1. The number of rotatable bonds is 2. The van der Waals surface area contributed by atoms with Crippen LogP contribution in [0.5, 0.6) is 0 Å². The van der Waals surface area contributed by atoms with Crippen LogP contribution in [0, 0.1) is 5.92 Å². The summed E-state index contributed by atoms with van der Waals surface area (Å²) in [5, 5.41) is 1.21. The third kappa shape index (κ3) is 1.51. The van der Waals surface area contributed by atoms with Crippen molar-refractivity contribution < 1.29 is 0 Å². The number of fused-ring (bicyclic) bond motifs is 1. The number of para-hydroxylation sites is 1. The van der Waals surface area contributed by atoms with Crippen LogP contribution in [-0.4, -0.2) is 4.98 Å². The molecule has 1 aromatic carbocycles. The minimum absolute atomic E-state index is 0.192. The summed E-state index contributed by atoms with van der Waals surface area (Å²) < 4.78 is 0. The maximum atomic E-state index is 6.24. The number of hydrogen-bond donors (Lipinski definition) is 1. The highest BCUT2D eigenvalue weighted by atomic mass is 14.7. The maximum Gasteiger partial charge on any atom is 0.0705 e. The summed E-state index contributed by atoms with van der Waals surface area (Å²) in [6.45, 7) is 0. The summed E-state index contributed by atoms with van der Waals surface area (Å²) >= 11 is 0. The Kier molecular flexibility index (Phi) is 1.96. The van der Waals surface area contributed by atoms with Crippen LogP contribution in [0.1, 0.15) is 24.4 Å². The Bertz CT molecular complexity index is 483. The quantitative estimate of drug-likeness (QED) is 0.805. The van der Waals surface area contributed by atoms with Gasteiger partial charge in [-0.1, -0.05) is 18.2 Å². The van der Waals surface area contributed by atoms with Crippen molar-refractivity contribution in [2.75, 3.05) is 0 Å². The van der Waals surface area contributed by atoms with E-state index in [1.54, 1.807) is 0 Å². The van der Waals surface area contributed by atoms with Crippen LogP contribution in [0.15, 0.2) is 36.5 Å². The third-order valence-corrected chi connectivity index (χ3v) is 3.17. The van der Waals surface area contributed by atoms with E-state index in [-0.39, 0.29) is 6.04 Å². The number of benzene rings is 1. The lowest BCUT2D eigenvalue weighted by Gasteiger charge is -2.12. The smallest absolute Gasteiger partial charge is 0.0705 e. The van der Waals surface area contributed by atoms with Gasteiger partial charge in [-0.3, -0.25) is 4.98 Å². The molecule has 1 heterocycles. The molecule has 1 aliphatic carbocycles. The Balaban J connectivity index is 2.16. The Labute approximate surface area is 89.1 Å². The number of hydrogen-bond acceptors (Lipinski definition) is 2. The molecule has 2 N–H and O–H groups in total. The molecular formula is C13H14N2. The van der Waals surface area contributed by atoms with Gasteiger partial charge in [0.2, 0.25) is 0 Å². The average molecular weight is 198 g/mol. The number of nitrogens with two attached hydrogens (primary N) is 1. The van der Waals surface area contributed by atoms with E-state index in [4.69, 9.17) is 5.73 Å². The molecule has 0 unspecified atom stereocenters. The monoisotopic (exact) mass is 198 g/mol. The van der Waals surface area contributed by atoms with Crippen molar-refractivity contribution >= 4 is 10.9 Å². The molecule has 1 saturated carbocycles. The maximum absolute atomic E-state index is 6.24. The molecule has 15 heavy (non-hydrogen) atoms. The second-order valence-corrected chi connectivity index (χ2v) is 4.28. The van der Waals surface area contributed by atoms with Crippen molar-refractivity contribution in [3.63, 3.8) is 0 Å². The van der Waals surface area contributed by atoms with Gasteiger partial charge in [0.15, 0.2) is 0 Å². The van der Waals surface area contributed by atoms with Crippen LogP contribution in [-0.2, 0) is 0 Å². The van der Waals surface area contributed by atoms with Crippen LogP contribution in [0.2, 0.25) is 0 Å². The Morgan fingerprint density at radius 2 is 2.00 bits per heavy atom. The van der Waals surface area contributed by atoms with Crippen LogP contribution < -0.4 is 5.73 Å². The molecule has 0 spiro atoms. The second-order valence-electron chi connectivity index (χ2n) is 4.28. The van der Waals surface area contributed by atoms with Crippen LogP contribution in [0.4, 0.5) is 0 Å². The first-order chi connectivity index (χ1) is 7.36. The van der Waals surface area contributed by atoms with Gasteiger partial charge in [0.05, 0.1) is 5.52 Å². The lowest BCUT2D eigenvalue weighted by molar-refractivity contribution is 0.638. The lowest BCUT2D eigenvalue weighted by atomic mass is 9.99. The Morgan fingerprint density at radius 3 is 2.80 bits per heavy atom. The molecule has 0 amide bonds. The molecule has 0 bridgehead atoms. The molecule has 76 valence electrons. The molecule has 0 saturated heterocycles. The van der Waals surface area contributed by atoms with E-state index in [1.807, 2.05) is 24.4 Å². The van der Waals surface area contributed by atoms with Gasteiger partial charge in [-0.2, -0.15) is 0 Å². The molecule has 1 atom stereocenters. The molecule has 1 aliphatic rings. The topological polar surface area (TPSA) is 38.9 Å². The highest BCUT2D eigenvalue weighted by molar-refractivity contribution is 5.82.